The van der Waals surface area contributed by atoms with E-state index in [9.17, 15) is 14.9 Å². The van der Waals surface area contributed by atoms with Crippen molar-refractivity contribution in [1.82, 2.24) is 0 Å². The number of ether oxygens (including phenoxy) is 1. The Balaban J connectivity index is 2.42. The summed E-state index contributed by atoms with van der Waals surface area (Å²) in [5.41, 5.74) is 0.972. The smallest absolute Gasteiger partial charge is 0.308 e. The minimum Gasteiger partial charge on any atom is -0.465 e. The lowest BCUT2D eigenvalue weighted by molar-refractivity contribution is -0.384. The highest BCUT2D eigenvalue weighted by Gasteiger charge is 2.08. The molecule has 0 bridgehead atoms. The van der Waals surface area contributed by atoms with Gasteiger partial charge in [0.1, 0.15) is 0 Å². The number of esters is 1. The van der Waals surface area contributed by atoms with Gasteiger partial charge >= 0.3 is 5.97 Å². The van der Waals surface area contributed by atoms with Crippen LogP contribution in [0.1, 0.15) is 19.4 Å². The first-order chi connectivity index (χ1) is 8.00. The standard InChI is InChI=1S/C12H15NO4/c1-9(2)12(14)17-8-7-10-3-5-11(6-4-10)13(15)16/h3-6,9H,7-8H2,1-2H3. The molecular formula is C12H15NO4. The van der Waals surface area contributed by atoms with Gasteiger partial charge in [-0.15, -0.1) is 0 Å². The van der Waals surface area contributed by atoms with E-state index in [1.807, 2.05) is 0 Å². The van der Waals surface area contributed by atoms with Crippen LogP contribution >= 0.6 is 0 Å². The number of non-ortho nitro benzene ring substituents is 1. The van der Waals surface area contributed by atoms with Crippen LogP contribution in [0, 0.1) is 16.0 Å². The number of hydrogen-bond acceptors (Lipinski definition) is 4. The van der Waals surface area contributed by atoms with Crippen LogP contribution < -0.4 is 0 Å². The first-order valence-electron chi connectivity index (χ1n) is 5.40. The van der Waals surface area contributed by atoms with Crippen LogP contribution in [0.25, 0.3) is 0 Å². The zero-order valence-corrected chi connectivity index (χ0v) is 9.88. The Morgan fingerprint density at radius 3 is 2.41 bits per heavy atom. The number of nitro groups is 1. The van der Waals surface area contributed by atoms with Gasteiger partial charge in [-0.1, -0.05) is 26.0 Å². The summed E-state index contributed by atoms with van der Waals surface area (Å²) in [6, 6.07) is 6.22. The molecule has 0 heterocycles. The summed E-state index contributed by atoms with van der Waals surface area (Å²) < 4.78 is 5.01. The molecule has 0 spiro atoms. The molecule has 1 aromatic rings. The number of nitrogens with zero attached hydrogens (tertiary/aromatic N) is 1. The summed E-state index contributed by atoms with van der Waals surface area (Å²) in [5.74, 6) is -0.362. The van der Waals surface area contributed by atoms with Gasteiger partial charge in [-0.25, -0.2) is 0 Å². The monoisotopic (exact) mass is 237 g/mol. The molecule has 0 atom stereocenters. The SMILES string of the molecule is CC(C)C(=O)OCCc1ccc([N+](=O)[O-])cc1. The second kappa shape index (κ2) is 5.98. The number of benzene rings is 1. The third kappa shape index (κ3) is 4.22. The maximum Gasteiger partial charge on any atom is 0.308 e. The summed E-state index contributed by atoms with van der Waals surface area (Å²) in [7, 11) is 0. The fourth-order valence-electron chi connectivity index (χ4n) is 1.22. The highest BCUT2D eigenvalue weighted by atomic mass is 16.6. The number of carbonyl (C=O) groups excluding carboxylic acids is 1. The zero-order chi connectivity index (χ0) is 12.8. The van der Waals surface area contributed by atoms with E-state index in [4.69, 9.17) is 4.74 Å². The molecule has 5 heteroatoms. The maximum atomic E-state index is 11.2. The highest BCUT2D eigenvalue weighted by Crippen LogP contribution is 2.12. The van der Waals surface area contributed by atoms with E-state index in [0.717, 1.165) is 5.56 Å². The van der Waals surface area contributed by atoms with Crippen molar-refractivity contribution in [2.24, 2.45) is 5.92 Å². The zero-order valence-electron chi connectivity index (χ0n) is 9.88. The quantitative estimate of drug-likeness (QED) is 0.447. The second-order valence-corrected chi connectivity index (χ2v) is 4.00. The van der Waals surface area contributed by atoms with E-state index in [1.54, 1.807) is 26.0 Å². The van der Waals surface area contributed by atoms with Crippen molar-refractivity contribution < 1.29 is 14.5 Å². The third-order valence-corrected chi connectivity index (χ3v) is 2.25. The van der Waals surface area contributed by atoms with Gasteiger partial charge in [0.15, 0.2) is 0 Å². The topological polar surface area (TPSA) is 69.4 Å². The van der Waals surface area contributed by atoms with Gasteiger partial charge in [-0.2, -0.15) is 0 Å². The fourth-order valence-corrected chi connectivity index (χ4v) is 1.22. The Bertz CT molecular complexity index is 397. The average Bonchev–Trinajstić information content (AvgIpc) is 2.29. The van der Waals surface area contributed by atoms with E-state index in [-0.39, 0.29) is 17.6 Å². The summed E-state index contributed by atoms with van der Waals surface area (Å²) in [4.78, 5) is 21.1. The highest BCUT2D eigenvalue weighted by molar-refractivity contribution is 5.71. The molecule has 1 rings (SSSR count). The molecule has 0 radical (unpaired) electrons. The van der Waals surface area contributed by atoms with E-state index in [2.05, 4.69) is 0 Å². The fraction of sp³-hybridized carbons (Fsp3) is 0.417. The first kappa shape index (κ1) is 13.2. The Morgan fingerprint density at radius 1 is 1.35 bits per heavy atom. The van der Waals surface area contributed by atoms with Crippen LogP contribution in [0.3, 0.4) is 0 Å². The molecule has 0 aliphatic rings. The number of rotatable bonds is 5. The van der Waals surface area contributed by atoms with Gasteiger partial charge in [0.05, 0.1) is 17.4 Å². The average molecular weight is 237 g/mol. The van der Waals surface area contributed by atoms with Crippen molar-refractivity contribution in [3.63, 3.8) is 0 Å². The Morgan fingerprint density at radius 2 is 1.94 bits per heavy atom. The normalized spacial score (nSPS) is 10.3. The predicted octanol–water partition coefficient (Wildman–Crippen LogP) is 2.34. The van der Waals surface area contributed by atoms with E-state index >= 15 is 0 Å². The summed E-state index contributed by atoms with van der Waals surface area (Å²) >= 11 is 0. The van der Waals surface area contributed by atoms with Gasteiger partial charge in [-0.05, 0) is 5.56 Å². The molecule has 0 N–H and O–H groups in total. The van der Waals surface area contributed by atoms with Crippen LogP contribution in [0.2, 0.25) is 0 Å². The molecule has 0 unspecified atom stereocenters. The van der Waals surface area contributed by atoms with Gasteiger partial charge in [-0.3, -0.25) is 14.9 Å². The van der Waals surface area contributed by atoms with Crippen molar-refractivity contribution in [2.75, 3.05) is 6.61 Å². The molecular weight excluding hydrogens is 222 g/mol. The van der Waals surface area contributed by atoms with E-state index in [0.29, 0.717) is 13.0 Å². The molecule has 1 aromatic carbocycles. The van der Waals surface area contributed by atoms with E-state index < -0.39 is 4.92 Å². The van der Waals surface area contributed by atoms with Crippen molar-refractivity contribution in [3.8, 4) is 0 Å². The summed E-state index contributed by atoms with van der Waals surface area (Å²) in [5, 5.41) is 10.4. The molecule has 0 fully saturated rings. The molecule has 0 saturated heterocycles. The lowest BCUT2D eigenvalue weighted by atomic mass is 10.1. The van der Waals surface area contributed by atoms with Crippen LogP contribution in [-0.4, -0.2) is 17.5 Å². The van der Waals surface area contributed by atoms with Gasteiger partial charge in [0.25, 0.3) is 5.69 Å². The summed E-state index contributed by atoms with van der Waals surface area (Å²) in [6.45, 7) is 3.84. The Hall–Kier alpha value is -1.91. The lowest BCUT2D eigenvalue weighted by Gasteiger charge is -2.06. The van der Waals surface area contributed by atoms with Crippen molar-refractivity contribution >= 4 is 11.7 Å². The number of nitro benzene ring substituents is 1. The van der Waals surface area contributed by atoms with Crippen LogP contribution in [0.5, 0.6) is 0 Å². The number of carbonyl (C=O) groups is 1. The minimum absolute atomic E-state index is 0.0629. The minimum atomic E-state index is -0.442. The van der Waals surface area contributed by atoms with Crippen molar-refractivity contribution in [2.45, 2.75) is 20.3 Å². The van der Waals surface area contributed by atoms with Gasteiger partial charge in [0.2, 0.25) is 0 Å². The molecule has 0 aromatic heterocycles. The predicted molar refractivity (Wildman–Crippen MR) is 62.6 cm³/mol. The summed E-state index contributed by atoms with van der Waals surface area (Å²) in [6.07, 6.45) is 0.566. The van der Waals surface area contributed by atoms with Crippen LogP contribution in [0.4, 0.5) is 5.69 Å². The molecule has 0 saturated carbocycles. The second-order valence-electron chi connectivity index (χ2n) is 4.00. The van der Waals surface area contributed by atoms with E-state index in [1.165, 1.54) is 12.1 Å². The van der Waals surface area contributed by atoms with Crippen LogP contribution in [-0.2, 0) is 16.0 Å². The van der Waals surface area contributed by atoms with Gasteiger partial charge < -0.3 is 4.74 Å². The van der Waals surface area contributed by atoms with Crippen molar-refractivity contribution in [3.05, 3.63) is 39.9 Å². The Labute approximate surface area is 99.5 Å². The van der Waals surface area contributed by atoms with Gasteiger partial charge in [0, 0.05) is 18.6 Å². The first-order valence-corrected chi connectivity index (χ1v) is 5.40. The lowest BCUT2D eigenvalue weighted by Crippen LogP contribution is -2.13. The molecule has 0 amide bonds. The largest absolute Gasteiger partial charge is 0.465 e. The molecule has 5 nitrogen and oxygen atoms in total. The third-order valence-electron chi connectivity index (χ3n) is 2.25. The van der Waals surface area contributed by atoms with Crippen molar-refractivity contribution in [1.29, 1.82) is 0 Å². The number of hydrogen-bond donors (Lipinski definition) is 0. The molecule has 0 aliphatic heterocycles. The Kier molecular flexibility index (Phi) is 4.63. The molecule has 17 heavy (non-hydrogen) atoms. The molecule has 92 valence electrons. The maximum absolute atomic E-state index is 11.2. The molecule has 0 aliphatic carbocycles. The van der Waals surface area contributed by atoms with Crippen LogP contribution in [0.15, 0.2) is 24.3 Å².